The molecule has 0 spiro atoms. The van der Waals surface area contributed by atoms with Gasteiger partial charge in [-0.2, -0.15) is 8.80 Å². The van der Waals surface area contributed by atoms with E-state index in [1.54, 1.807) is 0 Å². The summed E-state index contributed by atoms with van der Waals surface area (Å²) in [5, 5.41) is 5.11. The Bertz CT molecular complexity index is 1080. The van der Waals surface area contributed by atoms with Crippen LogP contribution in [0.5, 0.6) is 0 Å². The molecule has 4 heterocycles. The largest absolute Gasteiger partial charge is 0.211 e. The molecule has 1 aromatic carbocycles. The van der Waals surface area contributed by atoms with E-state index in [4.69, 9.17) is 0 Å². The number of aromatic nitrogens is 2. The summed E-state index contributed by atoms with van der Waals surface area (Å²) in [5.74, 6) is 0. The second kappa shape index (κ2) is 4.25. The van der Waals surface area contributed by atoms with Crippen molar-refractivity contribution in [3.8, 4) is 0 Å². The third-order valence-electron chi connectivity index (χ3n) is 4.34. The van der Waals surface area contributed by atoms with Gasteiger partial charge in [-0.15, -0.1) is 0 Å². The van der Waals surface area contributed by atoms with E-state index in [1.165, 1.54) is 32.6 Å². The summed E-state index contributed by atoms with van der Waals surface area (Å²) in [6.45, 7) is 0. The quantitative estimate of drug-likeness (QED) is 0.233. The number of nitrogens with zero attached hydrogens (tertiary/aromatic N) is 2. The Morgan fingerprint density at radius 3 is 2.05 bits per heavy atom. The van der Waals surface area contributed by atoms with Gasteiger partial charge in [-0.25, -0.2) is 0 Å². The molecule has 0 aliphatic carbocycles. The Morgan fingerprint density at radius 2 is 1.23 bits per heavy atom. The van der Waals surface area contributed by atoms with Crippen LogP contribution >= 0.6 is 0 Å². The molecule has 0 amide bonds. The first-order valence-corrected chi connectivity index (χ1v) is 7.45. The van der Waals surface area contributed by atoms with Gasteiger partial charge in [-0.1, -0.05) is 6.07 Å². The zero-order valence-corrected chi connectivity index (χ0v) is 12.0. The van der Waals surface area contributed by atoms with E-state index in [2.05, 4.69) is 94.3 Å². The van der Waals surface area contributed by atoms with Crippen molar-refractivity contribution in [3.63, 3.8) is 0 Å². The second-order valence-electron chi connectivity index (χ2n) is 5.68. The lowest BCUT2D eigenvalue weighted by Gasteiger charge is -2.02. The second-order valence-corrected chi connectivity index (χ2v) is 5.68. The van der Waals surface area contributed by atoms with E-state index in [9.17, 15) is 0 Å². The molecule has 0 aliphatic rings. The van der Waals surface area contributed by atoms with Crippen LogP contribution < -0.4 is 8.80 Å². The number of benzene rings is 1. The molecule has 2 nitrogen and oxygen atoms in total. The Hall–Kier alpha value is -3.00. The van der Waals surface area contributed by atoms with Crippen molar-refractivity contribution >= 4 is 32.6 Å². The molecule has 0 radical (unpaired) electrons. The highest BCUT2D eigenvalue weighted by molar-refractivity contribution is 6.07. The Morgan fingerprint density at radius 1 is 0.545 bits per heavy atom. The van der Waals surface area contributed by atoms with Gasteiger partial charge in [0.25, 0.3) is 0 Å². The first-order valence-electron chi connectivity index (χ1n) is 7.45. The van der Waals surface area contributed by atoms with Crippen molar-refractivity contribution in [2.45, 2.75) is 0 Å². The minimum atomic E-state index is 1.21. The highest BCUT2D eigenvalue weighted by atomic mass is 14.8. The highest BCUT2D eigenvalue weighted by Gasteiger charge is 2.11. The fourth-order valence-electron chi connectivity index (χ4n) is 3.23. The van der Waals surface area contributed by atoms with Gasteiger partial charge in [0, 0.05) is 47.2 Å². The van der Waals surface area contributed by atoms with E-state index in [1.807, 2.05) is 0 Å². The van der Waals surface area contributed by atoms with Crippen molar-refractivity contribution in [2.75, 3.05) is 0 Å². The molecule has 0 bridgehead atoms. The average Bonchev–Trinajstić information content (AvgIpc) is 2.58. The topological polar surface area (TPSA) is 8.20 Å². The molecule has 2 heteroatoms. The van der Waals surface area contributed by atoms with Crippen molar-refractivity contribution in [1.29, 1.82) is 0 Å². The Balaban J connectivity index is 2.00. The minimum Gasteiger partial charge on any atom is -0.167 e. The van der Waals surface area contributed by atoms with Gasteiger partial charge < -0.3 is 0 Å². The van der Waals surface area contributed by atoms with E-state index in [0.29, 0.717) is 0 Å². The summed E-state index contributed by atoms with van der Waals surface area (Å²) in [5.41, 5.74) is 2.42. The van der Waals surface area contributed by atoms with Crippen LogP contribution in [0.15, 0.2) is 85.5 Å². The summed E-state index contributed by atoms with van der Waals surface area (Å²) in [6.07, 6.45) is 8.62. The van der Waals surface area contributed by atoms with E-state index >= 15 is 0 Å². The summed E-state index contributed by atoms with van der Waals surface area (Å²) in [4.78, 5) is 0. The zero-order chi connectivity index (χ0) is 14.5. The van der Waals surface area contributed by atoms with Gasteiger partial charge >= 0.3 is 0 Å². The van der Waals surface area contributed by atoms with Gasteiger partial charge in [0.2, 0.25) is 11.0 Å². The van der Waals surface area contributed by atoms with Crippen LogP contribution in [-0.2, 0) is 0 Å². The fourth-order valence-corrected chi connectivity index (χ4v) is 3.23. The molecule has 4 aromatic heterocycles. The lowest BCUT2D eigenvalue weighted by atomic mass is 10.0. The van der Waals surface area contributed by atoms with Crippen LogP contribution in [0.2, 0.25) is 0 Å². The summed E-state index contributed by atoms with van der Waals surface area (Å²) in [7, 11) is 0. The summed E-state index contributed by atoms with van der Waals surface area (Å²) < 4.78 is 4.35. The van der Waals surface area contributed by atoms with Crippen molar-refractivity contribution in [1.82, 2.24) is 0 Å². The third-order valence-corrected chi connectivity index (χ3v) is 4.34. The van der Waals surface area contributed by atoms with Crippen molar-refractivity contribution in [2.24, 2.45) is 0 Å². The zero-order valence-electron chi connectivity index (χ0n) is 12.0. The van der Waals surface area contributed by atoms with Crippen LogP contribution in [0, 0.1) is 0 Å². The molecule has 102 valence electrons. The molecule has 0 N–H and O–H groups in total. The van der Waals surface area contributed by atoms with Gasteiger partial charge in [-0.05, 0) is 23.6 Å². The van der Waals surface area contributed by atoms with E-state index in [-0.39, 0.29) is 0 Å². The fraction of sp³-hybridized carbons (Fsp3) is 0. The maximum atomic E-state index is 2.27. The predicted molar refractivity (Wildman–Crippen MR) is 87.8 cm³/mol. The number of pyridine rings is 4. The molecular weight excluding hydrogens is 268 g/mol. The molecule has 22 heavy (non-hydrogen) atoms. The molecule has 0 fully saturated rings. The van der Waals surface area contributed by atoms with E-state index in [0.717, 1.165) is 0 Å². The summed E-state index contributed by atoms with van der Waals surface area (Å²) in [6, 6.07) is 21.5. The Kier molecular flexibility index (Phi) is 2.25. The minimum absolute atomic E-state index is 1.21. The Labute approximate surface area is 127 Å². The standard InChI is InChI=1S/C20H14N2/c1-4-10-22-14-20-15(11-17(22)5-1)7-8-16-13-21-9-3-2-6-18(21)12-19(16)20/h1-14H/q+2. The van der Waals surface area contributed by atoms with Crippen molar-refractivity contribution < 1.29 is 8.80 Å². The average molecular weight is 282 g/mol. The van der Waals surface area contributed by atoms with Crippen LogP contribution in [-0.4, -0.2) is 0 Å². The van der Waals surface area contributed by atoms with Gasteiger partial charge in [0.05, 0.1) is 5.39 Å². The SMILES string of the molecule is c1cc[n+]2cc3ccc4cc5cccc[n+]5cc4c3cc2c1. The lowest BCUT2D eigenvalue weighted by Crippen LogP contribution is -2.21. The van der Waals surface area contributed by atoms with Gasteiger partial charge in [-0.3, -0.25) is 0 Å². The van der Waals surface area contributed by atoms with Gasteiger partial charge in [0.15, 0.2) is 24.8 Å². The molecule has 5 rings (SSSR count). The summed E-state index contributed by atoms with van der Waals surface area (Å²) >= 11 is 0. The van der Waals surface area contributed by atoms with Crippen LogP contribution in [0.25, 0.3) is 32.6 Å². The van der Waals surface area contributed by atoms with Gasteiger partial charge in [0.1, 0.15) is 0 Å². The number of hydrogen-bond donors (Lipinski definition) is 0. The predicted octanol–water partition coefficient (Wildman–Crippen LogP) is 3.47. The molecule has 0 aliphatic heterocycles. The number of hydrogen-bond acceptors (Lipinski definition) is 0. The first-order chi connectivity index (χ1) is 10.9. The van der Waals surface area contributed by atoms with Crippen LogP contribution in [0.4, 0.5) is 0 Å². The lowest BCUT2D eigenvalue weighted by molar-refractivity contribution is -0.510. The molecule has 0 unspecified atom stereocenters. The third kappa shape index (κ3) is 1.61. The first kappa shape index (κ1) is 11.6. The molecule has 5 aromatic rings. The van der Waals surface area contributed by atoms with Crippen LogP contribution in [0.1, 0.15) is 0 Å². The molecule has 0 saturated carbocycles. The molecular formula is C20H14N2+2. The molecule has 0 atom stereocenters. The number of rotatable bonds is 0. The monoisotopic (exact) mass is 282 g/mol. The number of fused-ring (bicyclic) bond motifs is 5. The maximum absolute atomic E-state index is 2.27. The normalized spacial score (nSPS) is 11.6. The van der Waals surface area contributed by atoms with E-state index < -0.39 is 0 Å². The maximum Gasteiger partial charge on any atom is 0.211 e. The molecule has 0 saturated heterocycles. The smallest absolute Gasteiger partial charge is 0.167 e. The highest BCUT2D eigenvalue weighted by Crippen LogP contribution is 2.25. The van der Waals surface area contributed by atoms with Crippen molar-refractivity contribution in [3.05, 3.63) is 85.5 Å². The van der Waals surface area contributed by atoms with Crippen LogP contribution in [0.3, 0.4) is 0 Å².